The van der Waals surface area contributed by atoms with Gasteiger partial charge >= 0.3 is 0 Å². The molecule has 1 atom stereocenters. The Morgan fingerprint density at radius 2 is 2.11 bits per heavy atom. The van der Waals surface area contributed by atoms with Crippen molar-refractivity contribution in [3.05, 3.63) is 24.3 Å². The van der Waals surface area contributed by atoms with Gasteiger partial charge in [-0.2, -0.15) is 0 Å². The molecule has 18 heavy (non-hydrogen) atoms. The molecule has 6 nitrogen and oxygen atoms in total. The Morgan fingerprint density at radius 3 is 2.67 bits per heavy atom. The number of anilines is 1. The molecule has 1 rings (SSSR count). The van der Waals surface area contributed by atoms with Crippen molar-refractivity contribution in [1.82, 2.24) is 4.72 Å². The van der Waals surface area contributed by atoms with Crippen LogP contribution in [0.5, 0.6) is 0 Å². The third-order valence-electron chi connectivity index (χ3n) is 2.38. The van der Waals surface area contributed by atoms with E-state index in [9.17, 15) is 8.42 Å². The quantitative estimate of drug-likeness (QED) is 0.605. The van der Waals surface area contributed by atoms with E-state index < -0.39 is 16.1 Å². The molecule has 0 amide bonds. The van der Waals surface area contributed by atoms with Crippen LogP contribution in [0, 0.1) is 0 Å². The van der Waals surface area contributed by atoms with Gasteiger partial charge in [0, 0.05) is 19.8 Å². The maximum atomic E-state index is 12.1. The number of aliphatic hydroxyl groups is 1. The lowest BCUT2D eigenvalue weighted by Crippen LogP contribution is -2.38. The number of rotatable bonds is 7. The minimum absolute atomic E-state index is 0.0315. The lowest BCUT2D eigenvalue weighted by atomic mass is 10.2. The van der Waals surface area contributed by atoms with E-state index in [0.29, 0.717) is 0 Å². The average molecular weight is 274 g/mol. The predicted octanol–water partition coefficient (Wildman–Crippen LogP) is -0.0555. The fourth-order valence-electron chi connectivity index (χ4n) is 1.54. The van der Waals surface area contributed by atoms with E-state index in [4.69, 9.17) is 15.6 Å². The van der Waals surface area contributed by atoms with E-state index in [2.05, 4.69) is 4.72 Å². The first kappa shape index (κ1) is 14.9. The molecular formula is C11H18N2O4S. The summed E-state index contributed by atoms with van der Waals surface area (Å²) < 4.78 is 31.5. The first-order valence-corrected chi connectivity index (χ1v) is 6.96. The van der Waals surface area contributed by atoms with Crippen LogP contribution in [0.15, 0.2) is 29.2 Å². The van der Waals surface area contributed by atoms with Crippen molar-refractivity contribution in [3.63, 3.8) is 0 Å². The molecule has 0 saturated heterocycles. The molecule has 0 aliphatic heterocycles. The largest absolute Gasteiger partial charge is 0.398 e. The minimum Gasteiger partial charge on any atom is -0.398 e. The molecule has 102 valence electrons. The van der Waals surface area contributed by atoms with Crippen LogP contribution in [0.3, 0.4) is 0 Å². The summed E-state index contributed by atoms with van der Waals surface area (Å²) in [6.45, 7) is 0.0628. The second-order valence-corrected chi connectivity index (χ2v) is 5.51. The number of nitrogens with two attached hydrogens (primary N) is 1. The minimum atomic E-state index is -3.70. The highest BCUT2D eigenvalue weighted by Gasteiger charge is 2.21. The summed E-state index contributed by atoms with van der Waals surface area (Å²) in [7, 11) is -2.23. The Balaban J connectivity index is 2.90. The van der Waals surface area contributed by atoms with Gasteiger partial charge in [0.25, 0.3) is 0 Å². The zero-order valence-corrected chi connectivity index (χ0v) is 11.0. The van der Waals surface area contributed by atoms with Crippen molar-refractivity contribution in [1.29, 1.82) is 0 Å². The van der Waals surface area contributed by atoms with Gasteiger partial charge in [0.2, 0.25) is 10.0 Å². The summed E-state index contributed by atoms with van der Waals surface area (Å²) in [6.07, 6.45) is 0.278. The van der Waals surface area contributed by atoms with Crippen LogP contribution in [0.25, 0.3) is 0 Å². The van der Waals surface area contributed by atoms with Crippen LogP contribution >= 0.6 is 0 Å². The van der Waals surface area contributed by atoms with Crippen molar-refractivity contribution in [2.75, 3.05) is 26.1 Å². The fraction of sp³-hybridized carbons (Fsp3) is 0.455. The van der Waals surface area contributed by atoms with Crippen LogP contribution in [0.4, 0.5) is 5.69 Å². The Labute approximate surface area is 107 Å². The van der Waals surface area contributed by atoms with Gasteiger partial charge in [-0.25, -0.2) is 13.1 Å². The average Bonchev–Trinajstić information content (AvgIpc) is 2.29. The first-order chi connectivity index (χ1) is 8.51. The molecule has 0 aliphatic rings. The Bertz CT molecular complexity index is 470. The molecule has 0 bridgehead atoms. The van der Waals surface area contributed by atoms with Gasteiger partial charge in [-0.05, 0) is 18.6 Å². The number of nitrogen functional groups attached to an aromatic ring is 1. The number of aliphatic hydroxyl groups excluding tert-OH is 1. The molecule has 4 N–H and O–H groups in total. The van der Waals surface area contributed by atoms with Crippen LogP contribution in [0.1, 0.15) is 6.42 Å². The summed E-state index contributed by atoms with van der Waals surface area (Å²) in [6, 6.07) is 5.73. The van der Waals surface area contributed by atoms with E-state index in [-0.39, 0.29) is 30.2 Å². The highest BCUT2D eigenvalue weighted by atomic mass is 32.2. The molecular weight excluding hydrogens is 256 g/mol. The van der Waals surface area contributed by atoms with Gasteiger partial charge in [-0.3, -0.25) is 0 Å². The highest BCUT2D eigenvalue weighted by molar-refractivity contribution is 7.89. The molecule has 0 aromatic heterocycles. The number of hydrogen-bond acceptors (Lipinski definition) is 5. The van der Waals surface area contributed by atoms with E-state index in [1.165, 1.54) is 19.2 Å². The van der Waals surface area contributed by atoms with Gasteiger partial charge in [-0.1, -0.05) is 12.1 Å². The molecule has 0 heterocycles. The van der Waals surface area contributed by atoms with Gasteiger partial charge in [0.15, 0.2) is 0 Å². The summed E-state index contributed by atoms with van der Waals surface area (Å²) in [4.78, 5) is 0.0315. The number of hydrogen-bond donors (Lipinski definition) is 3. The van der Waals surface area contributed by atoms with Crippen LogP contribution in [-0.4, -0.2) is 39.9 Å². The zero-order chi connectivity index (χ0) is 13.6. The van der Waals surface area contributed by atoms with Crippen LogP contribution < -0.4 is 10.5 Å². The highest BCUT2D eigenvalue weighted by Crippen LogP contribution is 2.17. The molecule has 0 spiro atoms. The summed E-state index contributed by atoms with van der Waals surface area (Å²) in [5, 5.41) is 8.87. The standard InChI is InChI=1S/C11H18N2O4S/c1-17-8-9(6-7-14)13-18(15,16)11-5-3-2-4-10(11)12/h2-5,9,13-14H,6-8,12H2,1H3. The maximum absolute atomic E-state index is 12.1. The smallest absolute Gasteiger partial charge is 0.242 e. The SMILES string of the molecule is COCC(CCO)NS(=O)(=O)c1ccccc1N. The number of para-hydroxylation sites is 1. The summed E-state index contributed by atoms with van der Waals surface area (Å²) >= 11 is 0. The number of sulfonamides is 1. The van der Waals surface area contributed by atoms with E-state index >= 15 is 0 Å². The number of ether oxygens (including phenoxy) is 1. The molecule has 1 unspecified atom stereocenters. The van der Waals surface area contributed by atoms with E-state index in [1.807, 2.05) is 0 Å². The normalized spacial score (nSPS) is 13.4. The van der Waals surface area contributed by atoms with Crippen molar-refractivity contribution < 1.29 is 18.3 Å². The molecule has 1 aromatic carbocycles. The third kappa shape index (κ3) is 3.95. The van der Waals surface area contributed by atoms with Gasteiger partial charge in [0.1, 0.15) is 4.90 Å². The lowest BCUT2D eigenvalue weighted by Gasteiger charge is -2.17. The summed E-state index contributed by atoms with van der Waals surface area (Å²) in [5.74, 6) is 0. The number of benzene rings is 1. The predicted molar refractivity (Wildman–Crippen MR) is 68.5 cm³/mol. The van der Waals surface area contributed by atoms with Crippen LogP contribution in [0.2, 0.25) is 0 Å². The van der Waals surface area contributed by atoms with Crippen molar-refractivity contribution in [2.24, 2.45) is 0 Å². The van der Waals surface area contributed by atoms with E-state index in [1.54, 1.807) is 12.1 Å². The maximum Gasteiger partial charge on any atom is 0.242 e. The lowest BCUT2D eigenvalue weighted by molar-refractivity contribution is 0.158. The second kappa shape index (κ2) is 6.69. The molecule has 0 radical (unpaired) electrons. The van der Waals surface area contributed by atoms with Gasteiger partial charge in [0.05, 0.1) is 12.3 Å². The molecule has 1 aromatic rings. The third-order valence-corrected chi connectivity index (χ3v) is 3.97. The van der Waals surface area contributed by atoms with Crippen molar-refractivity contribution in [2.45, 2.75) is 17.4 Å². The Morgan fingerprint density at radius 1 is 1.44 bits per heavy atom. The fourth-order valence-corrected chi connectivity index (χ4v) is 2.93. The van der Waals surface area contributed by atoms with Gasteiger partial charge < -0.3 is 15.6 Å². The van der Waals surface area contributed by atoms with Crippen LogP contribution in [-0.2, 0) is 14.8 Å². The first-order valence-electron chi connectivity index (χ1n) is 5.48. The zero-order valence-electron chi connectivity index (χ0n) is 10.2. The monoisotopic (exact) mass is 274 g/mol. The molecule has 0 saturated carbocycles. The van der Waals surface area contributed by atoms with Gasteiger partial charge in [-0.15, -0.1) is 0 Å². The Hall–Kier alpha value is -1.15. The summed E-state index contributed by atoms with van der Waals surface area (Å²) in [5.41, 5.74) is 5.82. The van der Waals surface area contributed by atoms with E-state index in [0.717, 1.165) is 0 Å². The number of methoxy groups -OCH3 is 1. The van der Waals surface area contributed by atoms with Crippen molar-refractivity contribution >= 4 is 15.7 Å². The molecule has 0 fully saturated rings. The van der Waals surface area contributed by atoms with Crippen molar-refractivity contribution in [3.8, 4) is 0 Å². The molecule has 0 aliphatic carbocycles. The molecule has 7 heteroatoms. The Kier molecular flexibility index (Phi) is 5.54. The number of nitrogens with one attached hydrogen (secondary N) is 1. The topological polar surface area (TPSA) is 102 Å². The second-order valence-electron chi connectivity index (χ2n) is 3.82.